The van der Waals surface area contributed by atoms with Crippen LogP contribution in [0.2, 0.25) is 0 Å². The van der Waals surface area contributed by atoms with Crippen molar-refractivity contribution in [2.75, 3.05) is 7.11 Å². The molecule has 0 N–H and O–H groups in total. The Labute approximate surface area is 98.5 Å². The number of rotatable bonds is 6. The van der Waals surface area contributed by atoms with E-state index in [1.807, 2.05) is 12.1 Å². The van der Waals surface area contributed by atoms with E-state index in [9.17, 15) is 0 Å². The van der Waals surface area contributed by atoms with Crippen LogP contribution in [0, 0.1) is 0 Å². The van der Waals surface area contributed by atoms with Crippen LogP contribution in [0.4, 0.5) is 0 Å². The summed E-state index contributed by atoms with van der Waals surface area (Å²) >= 11 is 0. The highest BCUT2D eigenvalue weighted by atomic mass is 16.5. The van der Waals surface area contributed by atoms with Crippen molar-refractivity contribution in [3.63, 3.8) is 0 Å². The van der Waals surface area contributed by atoms with Gasteiger partial charge < -0.3 is 4.74 Å². The van der Waals surface area contributed by atoms with Crippen LogP contribution < -0.4 is 4.74 Å². The standard InChI is InChI=1S/C15H20O/c1-3-4-5-6-7-8-9-14-10-12-15(16-2)13-11-14/h5-6,8-13H,3-4,7H2,1-2H3/b6-5+,9-8+. The van der Waals surface area contributed by atoms with Crippen LogP contribution in [0.5, 0.6) is 5.75 Å². The molecule has 0 aromatic heterocycles. The predicted octanol–water partition coefficient (Wildman–Crippen LogP) is 4.45. The fraction of sp³-hybridized carbons (Fsp3) is 0.333. The summed E-state index contributed by atoms with van der Waals surface area (Å²) in [4.78, 5) is 0. The molecule has 0 unspecified atom stereocenters. The van der Waals surface area contributed by atoms with Crippen molar-refractivity contribution in [3.8, 4) is 5.75 Å². The lowest BCUT2D eigenvalue weighted by atomic mass is 10.2. The molecule has 1 rings (SSSR count). The van der Waals surface area contributed by atoms with Gasteiger partial charge in [-0.2, -0.15) is 0 Å². The van der Waals surface area contributed by atoms with Gasteiger partial charge in [0, 0.05) is 0 Å². The third-order valence-corrected chi connectivity index (χ3v) is 2.32. The quantitative estimate of drug-likeness (QED) is 0.638. The number of unbranched alkanes of at least 4 members (excludes halogenated alkanes) is 1. The fourth-order valence-corrected chi connectivity index (χ4v) is 1.38. The molecule has 1 nitrogen and oxygen atoms in total. The molecule has 0 aliphatic carbocycles. The Hall–Kier alpha value is -1.50. The summed E-state index contributed by atoms with van der Waals surface area (Å²) in [6.45, 7) is 2.19. The van der Waals surface area contributed by atoms with Crippen LogP contribution in [0.25, 0.3) is 6.08 Å². The van der Waals surface area contributed by atoms with Gasteiger partial charge in [-0.1, -0.05) is 49.8 Å². The van der Waals surface area contributed by atoms with Gasteiger partial charge in [0.25, 0.3) is 0 Å². The maximum atomic E-state index is 5.10. The second kappa shape index (κ2) is 7.75. The average molecular weight is 216 g/mol. The molecule has 1 aromatic rings. The molecular formula is C15H20O. The minimum Gasteiger partial charge on any atom is -0.497 e. The second-order valence-corrected chi connectivity index (χ2v) is 3.67. The lowest BCUT2D eigenvalue weighted by molar-refractivity contribution is 0.415. The summed E-state index contributed by atoms with van der Waals surface area (Å²) in [6.07, 6.45) is 12.2. The highest BCUT2D eigenvalue weighted by Gasteiger charge is 1.88. The van der Waals surface area contributed by atoms with Crippen LogP contribution in [-0.4, -0.2) is 7.11 Å². The summed E-state index contributed by atoms with van der Waals surface area (Å²) in [7, 11) is 1.68. The van der Waals surface area contributed by atoms with Crippen molar-refractivity contribution in [1.82, 2.24) is 0 Å². The molecule has 0 saturated carbocycles. The first-order chi connectivity index (χ1) is 7.86. The minimum atomic E-state index is 0.903. The summed E-state index contributed by atoms with van der Waals surface area (Å²) < 4.78 is 5.10. The van der Waals surface area contributed by atoms with Gasteiger partial charge in [-0.3, -0.25) is 0 Å². The third-order valence-electron chi connectivity index (χ3n) is 2.32. The predicted molar refractivity (Wildman–Crippen MR) is 70.7 cm³/mol. The molecule has 0 atom stereocenters. The molecule has 1 heteroatoms. The smallest absolute Gasteiger partial charge is 0.118 e. The van der Waals surface area contributed by atoms with Gasteiger partial charge in [0.05, 0.1) is 7.11 Å². The zero-order valence-electron chi connectivity index (χ0n) is 10.1. The zero-order valence-corrected chi connectivity index (χ0v) is 10.1. The maximum absolute atomic E-state index is 5.10. The molecule has 1 aromatic carbocycles. The monoisotopic (exact) mass is 216 g/mol. The highest BCUT2D eigenvalue weighted by molar-refractivity contribution is 5.50. The molecule has 0 aliphatic rings. The molecule has 86 valence electrons. The Morgan fingerprint density at radius 3 is 2.44 bits per heavy atom. The third kappa shape index (κ3) is 4.83. The van der Waals surface area contributed by atoms with Crippen LogP contribution in [0.15, 0.2) is 42.5 Å². The van der Waals surface area contributed by atoms with E-state index in [0.717, 1.165) is 12.2 Å². The van der Waals surface area contributed by atoms with Crippen molar-refractivity contribution in [2.45, 2.75) is 26.2 Å². The average Bonchev–Trinajstić information content (AvgIpc) is 2.34. The van der Waals surface area contributed by atoms with E-state index >= 15 is 0 Å². The maximum Gasteiger partial charge on any atom is 0.118 e. The van der Waals surface area contributed by atoms with E-state index in [4.69, 9.17) is 4.74 Å². The number of hydrogen-bond donors (Lipinski definition) is 0. The Kier molecular flexibility index (Phi) is 6.09. The first-order valence-corrected chi connectivity index (χ1v) is 5.82. The molecule has 0 bridgehead atoms. The zero-order chi connectivity index (χ0) is 11.6. The van der Waals surface area contributed by atoms with Crippen molar-refractivity contribution in [2.24, 2.45) is 0 Å². The Bertz CT molecular complexity index is 333. The number of ether oxygens (including phenoxy) is 1. The molecular weight excluding hydrogens is 196 g/mol. The summed E-state index contributed by atoms with van der Waals surface area (Å²) in [6, 6.07) is 8.08. The number of benzene rings is 1. The van der Waals surface area contributed by atoms with Crippen molar-refractivity contribution in [1.29, 1.82) is 0 Å². The molecule has 0 saturated heterocycles. The molecule has 0 aliphatic heterocycles. The lowest BCUT2D eigenvalue weighted by Crippen LogP contribution is -1.81. The first kappa shape index (κ1) is 12.6. The minimum absolute atomic E-state index is 0.903. The largest absolute Gasteiger partial charge is 0.497 e. The Morgan fingerprint density at radius 1 is 1.06 bits per heavy atom. The van der Waals surface area contributed by atoms with Gasteiger partial charge in [0.1, 0.15) is 5.75 Å². The molecule has 16 heavy (non-hydrogen) atoms. The van der Waals surface area contributed by atoms with Crippen LogP contribution in [-0.2, 0) is 0 Å². The van der Waals surface area contributed by atoms with Gasteiger partial charge in [-0.15, -0.1) is 0 Å². The number of allylic oxidation sites excluding steroid dienone is 3. The van der Waals surface area contributed by atoms with Crippen LogP contribution >= 0.6 is 0 Å². The second-order valence-electron chi connectivity index (χ2n) is 3.67. The van der Waals surface area contributed by atoms with Crippen molar-refractivity contribution in [3.05, 3.63) is 48.1 Å². The first-order valence-electron chi connectivity index (χ1n) is 5.82. The Morgan fingerprint density at radius 2 is 1.81 bits per heavy atom. The van der Waals surface area contributed by atoms with E-state index in [0.29, 0.717) is 0 Å². The SMILES string of the molecule is CCC/C=C/C/C=C/c1ccc(OC)cc1. The molecule has 0 fully saturated rings. The molecule has 0 heterocycles. The van der Waals surface area contributed by atoms with Gasteiger partial charge in [0.15, 0.2) is 0 Å². The van der Waals surface area contributed by atoms with Crippen molar-refractivity contribution >= 4 is 6.08 Å². The van der Waals surface area contributed by atoms with E-state index < -0.39 is 0 Å². The van der Waals surface area contributed by atoms with Gasteiger partial charge >= 0.3 is 0 Å². The molecule has 0 spiro atoms. The fourth-order valence-electron chi connectivity index (χ4n) is 1.38. The normalized spacial score (nSPS) is 11.4. The highest BCUT2D eigenvalue weighted by Crippen LogP contribution is 2.12. The van der Waals surface area contributed by atoms with E-state index in [2.05, 4.69) is 43.4 Å². The molecule has 0 amide bonds. The summed E-state index contributed by atoms with van der Waals surface area (Å²) in [5.74, 6) is 0.903. The van der Waals surface area contributed by atoms with Crippen molar-refractivity contribution < 1.29 is 4.74 Å². The molecule has 0 radical (unpaired) electrons. The van der Waals surface area contributed by atoms with Gasteiger partial charge in [-0.25, -0.2) is 0 Å². The van der Waals surface area contributed by atoms with Gasteiger partial charge in [0.2, 0.25) is 0 Å². The topological polar surface area (TPSA) is 9.23 Å². The number of hydrogen-bond acceptors (Lipinski definition) is 1. The van der Waals surface area contributed by atoms with E-state index in [1.165, 1.54) is 18.4 Å². The lowest BCUT2D eigenvalue weighted by Gasteiger charge is -1.98. The number of methoxy groups -OCH3 is 1. The van der Waals surface area contributed by atoms with Crippen LogP contribution in [0.1, 0.15) is 31.7 Å². The van der Waals surface area contributed by atoms with Gasteiger partial charge in [-0.05, 0) is 30.5 Å². The Balaban J connectivity index is 2.37. The van der Waals surface area contributed by atoms with E-state index in [1.54, 1.807) is 7.11 Å². The summed E-state index contributed by atoms with van der Waals surface area (Å²) in [5.41, 5.74) is 1.21. The van der Waals surface area contributed by atoms with E-state index in [-0.39, 0.29) is 0 Å². The summed E-state index contributed by atoms with van der Waals surface area (Å²) in [5, 5.41) is 0. The van der Waals surface area contributed by atoms with Crippen LogP contribution in [0.3, 0.4) is 0 Å².